The summed E-state index contributed by atoms with van der Waals surface area (Å²) in [5, 5.41) is 3.53. The number of hydrogen-bond donors (Lipinski definition) is 2. The van der Waals surface area contributed by atoms with Gasteiger partial charge >= 0.3 is 0 Å². The van der Waals surface area contributed by atoms with Crippen molar-refractivity contribution in [3.05, 3.63) is 33.7 Å². The van der Waals surface area contributed by atoms with E-state index in [0.29, 0.717) is 37.1 Å². The molecule has 0 unspecified atom stereocenters. The molecule has 2 aromatic rings. The molecule has 2 saturated heterocycles. The second kappa shape index (κ2) is 7.30. The molecule has 4 rings (SSSR count). The minimum atomic E-state index is -0.586. The number of nitrogens with one attached hydrogen (secondary N) is 2. The molecule has 1 aromatic heterocycles. The number of rotatable bonds is 2. The van der Waals surface area contributed by atoms with Crippen LogP contribution >= 0.6 is 23.2 Å². The van der Waals surface area contributed by atoms with Crippen LogP contribution in [0.25, 0.3) is 10.9 Å². The maximum absolute atomic E-state index is 13.7. The van der Waals surface area contributed by atoms with Gasteiger partial charge in [0.25, 0.3) is 5.91 Å². The first-order valence-electron chi connectivity index (χ1n) is 8.91. The van der Waals surface area contributed by atoms with Crippen LogP contribution in [0.4, 0.5) is 4.39 Å². The molecule has 144 valence electrons. The fourth-order valence-corrected chi connectivity index (χ4v) is 4.37. The molecule has 1 aromatic carbocycles. The Bertz CT molecular complexity index is 902. The number of hydrogen-bond acceptors (Lipinski definition) is 3. The van der Waals surface area contributed by atoms with Crippen molar-refractivity contribution in [2.75, 3.05) is 39.3 Å². The van der Waals surface area contributed by atoms with Crippen LogP contribution in [0.15, 0.2) is 12.1 Å². The summed E-state index contributed by atoms with van der Waals surface area (Å²) in [7, 11) is 0. The third-order valence-electron chi connectivity index (χ3n) is 5.30. The van der Waals surface area contributed by atoms with Crippen molar-refractivity contribution in [1.29, 1.82) is 0 Å². The Balaban J connectivity index is 1.48. The van der Waals surface area contributed by atoms with Crippen LogP contribution in [-0.2, 0) is 4.79 Å². The first-order valence-corrected chi connectivity index (χ1v) is 9.67. The van der Waals surface area contributed by atoms with Crippen molar-refractivity contribution < 1.29 is 14.0 Å². The average Bonchev–Trinajstić information content (AvgIpc) is 3.32. The minimum Gasteiger partial charge on any atom is -0.349 e. The molecule has 27 heavy (non-hydrogen) atoms. The van der Waals surface area contributed by atoms with Crippen molar-refractivity contribution in [3.63, 3.8) is 0 Å². The summed E-state index contributed by atoms with van der Waals surface area (Å²) in [6.45, 7) is 3.44. The molecule has 2 fully saturated rings. The molecule has 0 bridgehead atoms. The number of H-pyrrole nitrogens is 1. The number of fused-ring (bicyclic) bond motifs is 1. The van der Waals surface area contributed by atoms with E-state index < -0.39 is 5.82 Å². The van der Waals surface area contributed by atoms with E-state index in [-0.39, 0.29) is 33.5 Å². The lowest BCUT2D eigenvalue weighted by atomic mass is 10.1. The van der Waals surface area contributed by atoms with Crippen LogP contribution in [-0.4, -0.2) is 65.9 Å². The number of nitrogens with zero attached hydrogens (tertiary/aromatic N) is 2. The van der Waals surface area contributed by atoms with Gasteiger partial charge in [0.05, 0.1) is 16.0 Å². The van der Waals surface area contributed by atoms with E-state index in [2.05, 4.69) is 10.3 Å². The molecule has 9 heteroatoms. The Hall–Kier alpha value is -1.83. The predicted molar refractivity (Wildman–Crippen MR) is 102 cm³/mol. The zero-order valence-corrected chi connectivity index (χ0v) is 16.0. The van der Waals surface area contributed by atoms with Gasteiger partial charge < -0.3 is 20.1 Å². The SMILES string of the molecule is O=C(c1[nH]c2ccc(F)c(Cl)c2c1Cl)N1CCN(C(=O)[C@H]2CCNC2)CC1. The van der Waals surface area contributed by atoms with Gasteiger partial charge in [0.1, 0.15) is 11.5 Å². The lowest BCUT2D eigenvalue weighted by molar-refractivity contribution is -0.136. The van der Waals surface area contributed by atoms with Gasteiger partial charge in [-0.15, -0.1) is 0 Å². The normalized spacial score (nSPS) is 20.5. The molecule has 0 saturated carbocycles. The summed E-state index contributed by atoms with van der Waals surface area (Å²) in [6.07, 6.45) is 0.861. The second-order valence-electron chi connectivity index (χ2n) is 6.91. The highest BCUT2D eigenvalue weighted by atomic mass is 35.5. The predicted octanol–water partition coefficient (Wildman–Crippen LogP) is 2.51. The number of amides is 2. The molecule has 0 spiro atoms. The second-order valence-corrected chi connectivity index (χ2v) is 7.66. The molecular weight excluding hydrogens is 394 g/mol. The van der Waals surface area contributed by atoms with Gasteiger partial charge in [-0.25, -0.2) is 4.39 Å². The van der Waals surface area contributed by atoms with E-state index >= 15 is 0 Å². The van der Waals surface area contributed by atoms with Crippen molar-refractivity contribution in [3.8, 4) is 0 Å². The van der Waals surface area contributed by atoms with Gasteiger partial charge in [-0.2, -0.15) is 0 Å². The fraction of sp³-hybridized carbons (Fsp3) is 0.444. The van der Waals surface area contributed by atoms with Crippen LogP contribution in [0.5, 0.6) is 0 Å². The molecule has 1 atom stereocenters. The Morgan fingerprint density at radius 1 is 1.07 bits per heavy atom. The Kier molecular flexibility index (Phi) is 5.01. The number of halogens is 3. The molecule has 2 amide bonds. The van der Waals surface area contributed by atoms with E-state index in [9.17, 15) is 14.0 Å². The van der Waals surface area contributed by atoms with Gasteiger partial charge in [0, 0.05) is 43.6 Å². The lowest BCUT2D eigenvalue weighted by Crippen LogP contribution is -2.52. The van der Waals surface area contributed by atoms with Crippen LogP contribution in [0.3, 0.4) is 0 Å². The summed E-state index contributed by atoms with van der Waals surface area (Å²) >= 11 is 12.3. The van der Waals surface area contributed by atoms with Crippen LogP contribution in [0.1, 0.15) is 16.9 Å². The van der Waals surface area contributed by atoms with Crippen molar-refractivity contribution in [2.45, 2.75) is 6.42 Å². The zero-order chi connectivity index (χ0) is 19.1. The highest BCUT2D eigenvalue weighted by molar-refractivity contribution is 6.44. The Labute approximate surface area is 165 Å². The van der Waals surface area contributed by atoms with Crippen LogP contribution < -0.4 is 5.32 Å². The Morgan fingerprint density at radius 3 is 2.44 bits per heavy atom. The van der Waals surface area contributed by atoms with Gasteiger partial charge in [0.15, 0.2) is 0 Å². The van der Waals surface area contributed by atoms with E-state index in [0.717, 1.165) is 19.5 Å². The smallest absolute Gasteiger partial charge is 0.271 e. The third kappa shape index (κ3) is 3.28. The largest absolute Gasteiger partial charge is 0.349 e. The number of carbonyl (C=O) groups excluding carboxylic acids is 2. The number of piperazine rings is 1. The molecular formula is C18H19Cl2FN4O2. The number of aromatic nitrogens is 1. The number of carbonyl (C=O) groups is 2. The van der Waals surface area contributed by atoms with E-state index in [1.165, 1.54) is 12.1 Å². The van der Waals surface area contributed by atoms with Gasteiger partial charge in [-0.3, -0.25) is 9.59 Å². The van der Waals surface area contributed by atoms with Crippen LogP contribution in [0.2, 0.25) is 10.0 Å². The third-order valence-corrected chi connectivity index (χ3v) is 6.04. The zero-order valence-electron chi connectivity index (χ0n) is 14.5. The maximum atomic E-state index is 13.7. The summed E-state index contributed by atoms with van der Waals surface area (Å²) in [5.41, 5.74) is 0.705. The van der Waals surface area contributed by atoms with Crippen molar-refractivity contribution in [2.24, 2.45) is 5.92 Å². The standard InChI is InChI=1S/C18H19Cl2FN4O2/c19-14-11(21)1-2-12-13(14)15(20)16(23-12)18(27)25-7-5-24(6-8-25)17(26)10-3-4-22-9-10/h1-2,10,22-23H,3-9H2/t10-/m0/s1. The molecule has 2 aliphatic heterocycles. The monoisotopic (exact) mass is 412 g/mol. The number of benzene rings is 1. The highest BCUT2D eigenvalue weighted by Crippen LogP contribution is 2.35. The molecule has 6 nitrogen and oxygen atoms in total. The van der Waals surface area contributed by atoms with Crippen LogP contribution in [0, 0.1) is 11.7 Å². The lowest BCUT2D eigenvalue weighted by Gasteiger charge is -2.35. The first kappa shape index (κ1) is 18.5. The van der Waals surface area contributed by atoms with Crippen molar-refractivity contribution >= 4 is 45.9 Å². The Morgan fingerprint density at radius 2 is 1.78 bits per heavy atom. The summed E-state index contributed by atoms with van der Waals surface area (Å²) in [6, 6.07) is 2.74. The summed E-state index contributed by atoms with van der Waals surface area (Å²) < 4.78 is 13.7. The van der Waals surface area contributed by atoms with Gasteiger partial charge in [-0.05, 0) is 25.1 Å². The van der Waals surface area contributed by atoms with E-state index in [4.69, 9.17) is 23.2 Å². The van der Waals surface area contributed by atoms with E-state index in [1.807, 2.05) is 4.90 Å². The molecule has 2 N–H and O–H groups in total. The first-order chi connectivity index (χ1) is 13.0. The summed E-state index contributed by atoms with van der Waals surface area (Å²) in [5.74, 6) is -0.676. The minimum absolute atomic E-state index is 0.0347. The fourth-order valence-electron chi connectivity index (χ4n) is 3.74. The van der Waals surface area contributed by atoms with Gasteiger partial charge in [-0.1, -0.05) is 23.2 Å². The summed E-state index contributed by atoms with van der Waals surface area (Å²) in [4.78, 5) is 31.8. The molecule has 0 aliphatic carbocycles. The molecule has 2 aliphatic rings. The molecule has 0 radical (unpaired) electrons. The van der Waals surface area contributed by atoms with E-state index in [1.54, 1.807) is 4.90 Å². The quantitative estimate of drug-likeness (QED) is 0.795. The average molecular weight is 413 g/mol. The number of aromatic amines is 1. The molecule has 3 heterocycles. The highest BCUT2D eigenvalue weighted by Gasteiger charge is 2.32. The maximum Gasteiger partial charge on any atom is 0.271 e. The topological polar surface area (TPSA) is 68.4 Å². The van der Waals surface area contributed by atoms with Gasteiger partial charge in [0.2, 0.25) is 5.91 Å². The van der Waals surface area contributed by atoms with Crippen molar-refractivity contribution in [1.82, 2.24) is 20.1 Å².